The quantitative estimate of drug-likeness (QED) is 0.854. The van der Waals surface area contributed by atoms with Gasteiger partial charge in [0.1, 0.15) is 0 Å². The number of anilines is 1. The van der Waals surface area contributed by atoms with Crippen LogP contribution in [0.15, 0.2) is 24.3 Å². The van der Waals surface area contributed by atoms with Gasteiger partial charge in [-0.3, -0.25) is 4.79 Å². The third kappa shape index (κ3) is 3.78. The molecule has 0 aliphatic carbocycles. The normalized spacial score (nSPS) is 22.4. The van der Waals surface area contributed by atoms with Crippen LogP contribution in [0.1, 0.15) is 25.3 Å². The van der Waals surface area contributed by atoms with Gasteiger partial charge in [0, 0.05) is 18.9 Å². The van der Waals surface area contributed by atoms with Crippen molar-refractivity contribution < 1.29 is 14.6 Å². The number of hydrogen-bond acceptors (Lipinski definition) is 3. The first-order chi connectivity index (χ1) is 9.20. The lowest BCUT2D eigenvalue weighted by atomic mass is 10.0. The van der Waals surface area contributed by atoms with Gasteiger partial charge < -0.3 is 15.2 Å². The summed E-state index contributed by atoms with van der Waals surface area (Å²) in [4.78, 5) is 12.1. The number of rotatable bonds is 5. The molecule has 1 amide bonds. The molecule has 1 aromatic rings. The Hall–Kier alpha value is -1.39. The Morgan fingerprint density at radius 3 is 3.05 bits per heavy atom. The molecule has 1 saturated heterocycles. The molecule has 0 aromatic heterocycles. The summed E-state index contributed by atoms with van der Waals surface area (Å²) in [6.07, 6.45) is 2.35. The molecule has 0 saturated carbocycles. The van der Waals surface area contributed by atoms with Crippen LogP contribution in [0.4, 0.5) is 5.69 Å². The van der Waals surface area contributed by atoms with Crippen LogP contribution in [0.3, 0.4) is 0 Å². The van der Waals surface area contributed by atoms with E-state index in [1.807, 2.05) is 31.2 Å². The highest BCUT2D eigenvalue weighted by Gasteiger charge is 2.30. The molecule has 1 heterocycles. The van der Waals surface area contributed by atoms with Crippen LogP contribution in [0, 0.1) is 5.92 Å². The van der Waals surface area contributed by atoms with Crippen LogP contribution >= 0.6 is 0 Å². The lowest BCUT2D eigenvalue weighted by Gasteiger charge is -2.14. The van der Waals surface area contributed by atoms with E-state index in [1.54, 1.807) is 0 Å². The Balaban J connectivity index is 1.96. The standard InChI is InChI=1S/C15H21NO3/c1-11-14(7-9-19-11)15(18)16-13-6-2-4-12(10-13)5-3-8-17/h2,4,6,10-11,14,17H,3,5,7-9H2,1H3,(H,16,18). The molecule has 0 radical (unpaired) electrons. The highest BCUT2D eigenvalue weighted by Crippen LogP contribution is 2.22. The Morgan fingerprint density at radius 1 is 1.53 bits per heavy atom. The second-order valence-electron chi connectivity index (χ2n) is 4.99. The molecule has 104 valence electrons. The molecule has 0 spiro atoms. The third-order valence-electron chi connectivity index (χ3n) is 3.53. The number of amides is 1. The lowest BCUT2D eigenvalue weighted by Crippen LogP contribution is -2.27. The fraction of sp³-hybridized carbons (Fsp3) is 0.533. The fourth-order valence-electron chi connectivity index (χ4n) is 2.40. The molecule has 19 heavy (non-hydrogen) atoms. The number of carbonyl (C=O) groups excluding carboxylic acids is 1. The van der Waals surface area contributed by atoms with E-state index in [4.69, 9.17) is 9.84 Å². The molecule has 2 rings (SSSR count). The van der Waals surface area contributed by atoms with Gasteiger partial charge in [-0.15, -0.1) is 0 Å². The predicted molar refractivity (Wildman–Crippen MR) is 74.0 cm³/mol. The minimum atomic E-state index is -0.0545. The fourth-order valence-corrected chi connectivity index (χ4v) is 2.40. The predicted octanol–water partition coefficient (Wildman–Crippen LogP) is 1.97. The molecule has 2 unspecified atom stereocenters. The number of benzene rings is 1. The molecule has 1 fully saturated rings. The zero-order chi connectivity index (χ0) is 13.7. The molecular weight excluding hydrogens is 242 g/mol. The SMILES string of the molecule is CC1OCCC1C(=O)Nc1cccc(CCCO)c1. The van der Waals surface area contributed by atoms with Crippen molar-refractivity contribution in [2.45, 2.75) is 32.3 Å². The summed E-state index contributed by atoms with van der Waals surface area (Å²) in [7, 11) is 0. The van der Waals surface area contributed by atoms with Crippen molar-refractivity contribution in [3.63, 3.8) is 0 Å². The van der Waals surface area contributed by atoms with Crippen molar-refractivity contribution in [3.05, 3.63) is 29.8 Å². The van der Waals surface area contributed by atoms with Crippen LogP contribution in [0.2, 0.25) is 0 Å². The van der Waals surface area contributed by atoms with Crippen LogP contribution < -0.4 is 5.32 Å². The second-order valence-corrected chi connectivity index (χ2v) is 4.99. The van der Waals surface area contributed by atoms with Crippen molar-refractivity contribution in [3.8, 4) is 0 Å². The highest BCUT2D eigenvalue weighted by molar-refractivity contribution is 5.93. The van der Waals surface area contributed by atoms with E-state index in [-0.39, 0.29) is 24.5 Å². The first-order valence-corrected chi connectivity index (χ1v) is 6.83. The molecule has 2 N–H and O–H groups in total. The smallest absolute Gasteiger partial charge is 0.230 e. The van der Waals surface area contributed by atoms with Crippen molar-refractivity contribution in [1.82, 2.24) is 0 Å². The maximum Gasteiger partial charge on any atom is 0.230 e. The summed E-state index contributed by atoms with van der Waals surface area (Å²) in [5.74, 6) is -0.0228. The molecule has 1 aliphatic heterocycles. The summed E-state index contributed by atoms with van der Waals surface area (Å²) in [5.41, 5.74) is 1.95. The number of aryl methyl sites for hydroxylation is 1. The van der Waals surface area contributed by atoms with E-state index in [0.717, 1.165) is 30.5 Å². The first kappa shape index (κ1) is 14.0. The summed E-state index contributed by atoms with van der Waals surface area (Å²) in [6, 6.07) is 7.79. The summed E-state index contributed by atoms with van der Waals surface area (Å²) in [5, 5.41) is 11.8. The highest BCUT2D eigenvalue weighted by atomic mass is 16.5. The number of hydrogen-bond donors (Lipinski definition) is 2. The van der Waals surface area contributed by atoms with E-state index in [9.17, 15) is 4.79 Å². The third-order valence-corrected chi connectivity index (χ3v) is 3.53. The maximum atomic E-state index is 12.1. The number of ether oxygens (including phenoxy) is 1. The Labute approximate surface area is 113 Å². The second kappa shape index (κ2) is 6.68. The molecule has 0 bridgehead atoms. The van der Waals surface area contributed by atoms with Crippen LogP contribution in [-0.2, 0) is 16.0 Å². The van der Waals surface area contributed by atoms with Gasteiger partial charge in [0.05, 0.1) is 12.0 Å². The molecule has 1 aliphatic rings. The van der Waals surface area contributed by atoms with Gasteiger partial charge >= 0.3 is 0 Å². The number of nitrogens with one attached hydrogen (secondary N) is 1. The largest absolute Gasteiger partial charge is 0.396 e. The van der Waals surface area contributed by atoms with E-state index < -0.39 is 0 Å². The van der Waals surface area contributed by atoms with Gasteiger partial charge in [0.25, 0.3) is 0 Å². The Morgan fingerprint density at radius 2 is 2.37 bits per heavy atom. The van der Waals surface area contributed by atoms with Gasteiger partial charge in [-0.05, 0) is 43.9 Å². The molecule has 4 heteroatoms. The molecule has 1 aromatic carbocycles. The van der Waals surface area contributed by atoms with Crippen molar-refractivity contribution in [1.29, 1.82) is 0 Å². The molecular formula is C15H21NO3. The van der Waals surface area contributed by atoms with Gasteiger partial charge in [-0.25, -0.2) is 0 Å². The topological polar surface area (TPSA) is 58.6 Å². The zero-order valence-corrected chi connectivity index (χ0v) is 11.3. The van der Waals surface area contributed by atoms with Gasteiger partial charge in [0.15, 0.2) is 0 Å². The summed E-state index contributed by atoms with van der Waals surface area (Å²) in [6.45, 7) is 2.79. The monoisotopic (exact) mass is 263 g/mol. The van der Waals surface area contributed by atoms with Crippen LogP contribution in [0.25, 0.3) is 0 Å². The lowest BCUT2D eigenvalue weighted by molar-refractivity contribution is -0.121. The van der Waals surface area contributed by atoms with Gasteiger partial charge in [-0.2, -0.15) is 0 Å². The van der Waals surface area contributed by atoms with E-state index in [2.05, 4.69) is 5.32 Å². The summed E-state index contributed by atoms with van der Waals surface area (Å²) < 4.78 is 5.41. The average Bonchev–Trinajstić information content (AvgIpc) is 2.83. The average molecular weight is 263 g/mol. The number of aliphatic hydroxyl groups excluding tert-OH is 1. The van der Waals surface area contributed by atoms with Gasteiger partial charge in [0.2, 0.25) is 5.91 Å². The van der Waals surface area contributed by atoms with Crippen LogP contribution in [0.5, 0.6) is 0 Å². The molecule has 2 atom stereocenters. The van der Waals surface area contributed by atoms with E-state index >= 15 is 0 Å². The minimum Gasteiger partial charge on any atom is -0.396 e. The van der Waals surface area contributed by atoms with Crippen molar-refractivity contribution in [2.75, 3.05) is 18.5 Å². The molecule has 4 nitrogen and oxygen atoms in total. The number of carbonyl (C=O) groups is 1. The van der Waals surface area contributed by atoms with Crippen molar-refractivity contribution >= 4 is 11.6 Å². The van der Waals surface area contributed by atoms with Gasteiger partial charge in [-0.1, -0.05) is 12.1 Å². The van der Waals surface area contributed by atoms with E-state index in [0.29, 0.717) is 6.61 Å². The summed E-state index contributed by atoms with van der Waals surface area (Å²) >= 11 is 0. The van der Waals surface area contributed by atoms with Crippen LogP contribution in [-0.4, -0.2) is 30.3 Å². The Kier molecular flexibility index (Phi) is 4.93. The Bertz CT molecular complexity index is 433. The van der Waals surface area contributed by atoms with E-state index in [1.165, 1.54) is 0 Å². The maximum absolute atomic E-state index is 12.1. The zero-order valence-electron chi connectivity index (χ0n) is 11.3. The number of aliphatic hydroxyl groups is 1. The van der Waals surface area contributed by atoms with Crippen molar-refractivity contribution in [2.24, 2.45) is 5.92 Å². The first-order valence-electron chi connectivity index (χ1n) is 6.83. The minimum absolute atomic E-state index is 0.00225.